The number of nitrogens with one attached hydrogen (secondary N) is 1. The highest BCUT2D eigenvalue weighted by atomic mass is 16.5. The first-order chi connectivity index (χ1) is 15.7. The zero-order valence-electron chi connectivity index (χ0n) is 19.2. The Hall–Kier alpha value is -2.76. The van der Waals surface area contributed by atoms with Gasteiger partial charge in [0.05, 0.1) is 6.61 Å². The van der Waals surface area contributed by atoms with Gasteiger partial charge in [-0.2, -0.15) is 5.10 Å². The van der Waals surface area contributed by atoms with Crippen LogP contribution in [0, 0.1) is 0 Å². The van der Waals surface area contributed by atoms with Crippen LogP contribution in [0.5, 0.6) is 11.5 Å². The fourth-order valence-electron chi connectivity index (χ4n) is 3.85. The van der Waals surface area contributed by atoms with Crippen molar-refractivity contribution < 1.29 is 18.7 Å². The Morgan fingerprint density at radius 1 is 0.844 bits per heavy atom. The molecule has 1 saturated carbocycles. The predicted molar refractivity (Wildman–Crippen MR) is 126 cm³/mol. The van der Waals surface area contributed by atoms with Gasteiger partial charge in [-0.3, -0.25) is 4.79 Å². The minimum atomic E-state index is -0.323. The summed E-state index contributed by atoms with van der Waals surface area (Å²) < 4.78 is 16.8. The molecule has 0 atom stereocenters. The highest BCUT2D eigenvalue weighted by Gasteiger charge is 2.12. The minimum absolute atomic E-state index is 0.243. The number of benzene rings is 1. The topological polar surface area (TPSA) is 73.1 Å². The Labute approximate surface area is 191 Å². The van der Waals surface area contributed by atoms with Crippen molar-refractivity contribution >= 4 is 11.6 Å². The maximum absolute atomic E-state index is 12.5. The quantitative estimate of drug-likeness (QED) is 0.489. The van der Waals surface area contributed by atoms with Crippen LogP contribution >= 0.6 is 0 Å². The number of carbonyl (C=O) groups excluding carboxylic acids is 1. The molecule has 32 heavy (non-hydrogen) atoms. The van der Waals surface area contributed by atoms with Crippen LogP contribution in [0.2, 0.25) is 0 Å². The van der Waals surface area contributed by atoms with E-state index >= 15 is 0 Å². The van der Waals surface area contributed by atoms with Gasteiger partial charge in [-0.1, -0.05) is 44.9 Å². The number of rotatable bonds is 7. The SMILES string of the molecule is CCOc1ccc(OCc2ccc(C(=O)NN=C3CCCCCCCCCCC3)o2)cc1. The average molecular weight is 441 g/mol. The number of ether oxygens (including phenoxy) is 2. The van der Waals surface area contributed by atoms with E-state index in [4.69, 9.17) is 13.9 Å². The van der Waals surface area contributed by atoms with Crippen molar-refractivity contribution in [3.05, 3.63) is 47.9 Å². The van der Waals surface area contributed by atoms with Crippen molar-refractivity contribution in [3.63, 3.8) is 0 Å². The van der Waals surface area contributed by atoms with E-state index < -0.39 is 0 Å². The average Bonchev–Trinajstić information content (AvgIpc) is 3.27. The lowest BCUT2D eigenvalue weighted by atomic mass is 10.00. The van der Waals surface area contributed by atoms with Gasteiger partial charge >= 0.3 is 5.91 Å². The summed E-state index contributed by atoms with van der Waals surface area (Å²) in [5.41, 5.74) is 3.77. The van der Waals surface area contributed by atoms with Gasteiger partial charge in [-0.25, -0.2) is 5.43 Å². The second kappa shape index (κ2) is 13.6. The van der Waals surface area contributed by atoms with Crippen LogP contribution in [0.25, 0.3) is 0 Å². The van der Waals surface area contributed by atoms with E-state index in [0.717, 1.165) is 37.1 Å². The number of hydrogen-bond acceptors (Lipinski definition) is 5. The summed E-state index contributed by atoms with van der Waals surface area (Å²) in [5.74, 6) is 2.02. The number of carbonyl (C=O) groups is 1. The monoisotopic (exact) mass is 440 g/mol. The molecule has 0 bridgehead atoms. The molecule has 6 heteroatoms. The first-order valence-corrected chi connectivity index (χ1v) is 12.0. The van der Waals surface area contributed by atoms with Crippen LogP contribution in [0.3, 0.4) is 0 Å². The van der Waals surface area contributed by atoms with E-state index in [-0.39, 0.29) is 18.3 Å². The Morgan fingerprint density at radius 2 is 1.41 bits per heavy atom. The zero-order valence-corrected chi connectivity index (χ0v) is 19.2. The van der Waals surface area contributed by atoms with E-state index in [9.17, 15) is 4.79 Å². The molecule has 1 aliphatic carbocycles. The molecule has 0 saturated heterocycles. The molecule has 1 aromatic carbocycles. The Morgan fingerprint density at radius 3 is 2.00 bits per heavy atom. The molecule has 1 amide bonds. The molecule has 0 unspecified atom stereocenters. The third-order valence-electron chi connectivity index (χ3n) is 5.65. The van der Waals surface area contributed by atoms with Gasteiger partial charge in [0.15, 0.2) is 5.76 Å². The van der Waals surface area contributed by atoms with Crippen molar-refractivity contribution in [1.29, 1.82) is 0 Å². The molecule has 2 aromatic rings. The molecule has 174 valence electrons. The fraction of sp³-hybridized carbons (Fsp3) is 0.538. The van der Waals surface area contributed by atoms with Crippen LogP contribution in [-0.4, -0.2) is 18.2 Å². The molecule has 6 nitrogen and oxygen atoms in total. The van der Waals surface area contributed by atoms with Gasteiger partial charge in [0.25, 0.3) is 0 Å². The maximum atomic E-state index is 12.5. The molecule has 0 radical (unpaired) electrons. The number of furan rings is 1. The number of nitrogens with zero attached hydrogens (tertiary/aromatic N) is 1. The zero-order chi connectivity index (χ0) is 22.4. The first kappa shape index (κ1) is 23.9. The lowest BCUT2D eigenvalue weighted by molar-refractivity contribution is 0.0923. The summed E-state index contributed by atoms with van der Waals surface area (Å²) in [5, 5.41) is 4.43. The first-order valence-electron chi connectivity index (χ1n) is 12.0. The van der Waals surface area contributed by atoms with E-state index in [1.165, 1.54) is 44.9 Å². The molecule has 1 aromatic heterocycles. The molecule has 1 heterocycles. The summed E-state index contributed by atoms with van der Waals surface area (Å²) >= 11 is 0. The van der Waals surface area contributed by atoms with Crippen molar-refractivity contribution in [2.45, 2.75) is 84.2 Å². The molecule has 0 aliphatic heterocycles. The van der Waals surface area contributed by atoms with Gasteiger partial charge in [0.2, 0.25) is 0 Å². The predicted octanol–water partition coefficient (Wildman–Crippen LogP) is 6.65. The van der Waals surface area contributed by atoms with Crippen LogP contribution in [0.15, 0.2) is 45.9 Å². The van der Waals surface area contributed by atoms with Crippen LogP contribution in [0.1, 0.15) is 93.9 Å². The maximum Gasteiger partial charge on any atom is 0.307 e. The Kier molecular flexibility index (Phi) is 10.2. The van der Waals surface area contributed by atoms with Crippen molar-refractivity contribution in [1.82, 2.24) is 5.43 Å². The summed E-state index contributed by atoms with van der Waals surface area (Å²) in [6, 6.07) is 10.8. The molecular weight excluding hydrogens is 404 g/mol. The van der Waals surface area contributed by atoms with Crippen molar-refractivity contribution in [2.24, 2.45) is 5.10 Å². The van der Waals surface area contributed by atoms with Gasteiger partial charge in [0, 0.05) is 5.71 Å². The second-order valence-electron chi connectivity index (χ2n) is 8.26. The summed E-state index contributed by atoms with van der Waals surface area (Å²) in [7, 11) is 0. The molecule has 1 fully saturated rings. The van der Waals surface area contributed by atoms with Crippen molar-refractivity contribution in [3.8, 4) is 11.5 Å². The minimum Gasteiger partial charge on any atom is -0.494 e. The summed E-state index contributed by atoms with van der Waals surface area (Å²) in [6.07, 6.45) is 13.3. The lowest BCUT2D eigenvalue weighted by Crippen LogP contribution is -2.19. The van der Waals surface area contributed by atoms with Crippen LogP contribution in [-0.2, 0) is 6.61 Å². The van der Waals surface area contributed by atoms with E-state index in [1.54, 1.807) is 12.1 Å². The number of hydrogen-bond donors (Lipinski definition) is 1. The number of amides is 1. The summed E-state index contributed by atoms with van der Waals surface area (Å²) in [6.45, 7) is 2.82. The third kappa shape index (κ3) is 8.40. The normalized spacial score (nSPS) is 15.8. The highest BCUT2D eigenvalue weighted by Crippen LogP contribution is 2.19. The highest BCUT2D eigenvalue weighted by molar-refractivity contribution is 5.93. The van der Waals surface area contributed by atoms with E-state index in [0.29, 0.717) is 18.1 Å². The van der Waals surface area contributed by atoms with Crippen molar-refractivity contribution in [2.75, 3.05) is 6.61 Å². The standard InChI is InChI=1S/C26H36N2O4/c1-2-30-22-14-16-23(17-15-22)31-20-24-18-19-25(32-24)26(29)28-27-21-12-10-8-6-4-3-5-7-9-11-13-21/h14-19H,2-13,20H2,1H3,(H,28,29). The number of hydrazone groups is 1. The molecular formula is C26H36N2O4. The lowest BCUT2D eigenvalue weighted by Gasteiger charge is -2.09. The Balaban J connectivity index is 1.48. The Bertz CT molecular complexity index is 828. The van der Waals surface area contributed by atoms with E-state index in [2.05, 4.69) is 10.5 Å². The third-order valence-corrected chi connectivity index (χ3v) is 5.65. The molecule has 3 rings (SSSR count). The van der Waals surface area contributed by atoms with Gasteiger partial charge in [0.1, 0.15) is 23.9 Å². The van der Waals surface area contributed by atoms with Gasteiger partial charge in [-0.05, 0) is 69.0 Å². The molecule has 1 N–H and O–H groups in total. The van der Waals surface area contributed by atoms with Gasteiger partial charge < -0.3 is 13.9 Å². The van der Waals surface area contributed by atoms with Crippen LogP contribution in [0.4, 0.5) is 0 Å². The molecule has 0 spiro atoms. The smallest absolute Gasteiger partial charge is 0.307 e. The van der Waals surface area contributed by atoms with E-state index in [1.807, 2.05) is 31.2 Å². The molecule has 1 aliphatic rings. The van der Waals surface area contributed by atoms with Crippen LogP contribution < -0.4 is 14.9 Å². The second-order valence-corrected chi connectivity index (χ2v) is 8.26. The fourth-order valence-corrected chi connectivity index (χ4v) is 3.85. The summed E-state index contributed by atoms with van der Waals surface area (Å²) in [4.78, 5) is 12.5. The van der Waals surface area contributed by atoms with Gasteiger partial charge in [-0.15, -0.1) is 0 Å². The largest absolute Gasteiger partial charge is 0.494 e.